The predicted molar refractivity (Wildman–Crippen MR) is 550 cm³/mol. The van der Waals surface area contributed by atoms with Crippen LogP contribution in [0.3, 0.4) is 0 Å². The molecule has 0 aliphatic carbocycles. The van der Waals surface area contributed by atoms with E-state index < -0.39 is 26.0 Å². The molecule has 7 heterocycles. The zero-order chi connectivity index (χ0) is 98.3. The van der Waals surface area contributed by atoms with Crippen molar-refractivity contribution in [3.8, 4) is 56.3 Å². The predicted octanol–water partition coefficient (Wildman–Crippen LogP) is 27.8. The quantitative estimate of drug-likeness (QED) is 0.0205. The number of thiazole rings is 5. The minimum Gasteiger partial charge on any atom is -0.375 e. The summed E-state index contributed by atoms with van der Waals surface area (Å²) in [6.07, 6.45) is 5.54. The number of benzene rings is 9. The van der Waals surface area contributed by atoms with Gasteiger partial charge in [0.25, 0.3) is 11.8 Å². The average Bonchev–Trinajstić information content (AvgIpc) is 1.41. The summed E-state index contributed by atoms with van der Waals surface area (Å²) in [5.74, 6) is -0.763. The van der Waals surface area contributed by atoms with Gasteiger partial charge >= 0.3 is 0 Å². The molecule has 2 amide bonds. The smallest absolute Gasteiger partial charge is 0.257 e. The number of azide groups is 5. The van der Waals surface area contributed by atoms with Crippen LogP contribution in [0, 0.1) is 48.5 Å². The highest BCUT2D eigenvalue weighted by atomic mass is 79.9. The molecule has 9 aromatic carbocycles. The number of aryl methyl sites for hydroxylation is 7. The van der Waals surface area contributed by atoms with Gasteiger partial charge in [0, 0.05) is 165 Å². The Kier molecular flexibility index (Phi) is 38.3. The molecule has 136 heavy (non-hydrogen) atoms. The zero-order valence-corrected chi connectivity index (χ0v) is 83.5. The summed E-state index contributed by atoms with van der Waals surface area (Å²) in [5.41, 5.74) is 79.2. The van der Waals surface area contributed by atoms with Crippen molar-refractivity contribution in [1.29, 1.82) is 0 Å². The Morgan fingerprint density at radius 2 is 0.691 bits per heavy atom. The van der Waals surface area contributed by atoms with Crippen LogP contribution in [0.4, 0.5) is 54.1 Å². The van der Waals surface area contributed by atoms with Gasteiger partial charge in [-0.25, -0.2) is 41.8 Å². The summed E-state index contributed by atoms with van der Waals surface area (Å²) in [7, 11) is -7.09. The van der Waals surface area contributed by atoms with Gasteiger partial charge in [0.2, 0.25) is 20.0 Å². The van der Waals surface area contributed by atoms with Crippen LogP contribution in [-0.2, 0) is 20.0 Å². The fraction of sp³-hybridized carbons (Fsp3) is 0.207. The summed E-state index contributed by atoms with van der Waals surface area (Å²) in [6, 6.07) is 50.8. The molecule has 2 fully saturated rings. The largest absolute Gasteiger partial charge is 0.375 e. The lowest BCUT2D eigenvalue weighted by Crippen LogP contribution is -2.35. The third-order valence-corrected chi connectivity index (χ3v) is 28.8. The number of carbonyl (C=O) groups excluding carboxylic acids is 4. The highest BCUT2D eigenvalue weighted by Crippen LogP contribution is 2.39. The Hall–Kier alpha value is -13.9. The molecule has 2 saturated heterocycles. The number of ketones is 2. The van der Waals surface area contributed by atoms with E-state index in [4.69, 9.17) is 44.9 Å². The summed E-state index contributed by atoms with van der Waals surface area (Å²) < 4.78 is 56.1. The van der Waals surface area contributed by atoms with Gasteiger partial charge in [0.1, 0.15) is 0 Å². The van der Waals surface area contributed by atoms with E-state index in [-0.39, 0.29) is 27.3 Å². The van der Waals surface area contributed by atoms with Gasteiger partial charge in [-0.05, 0) is 235 Å². The van der Waals surface area contributed by atoms with Crippen molar-refractivity contribution in [2.45, 2.75) is 111 Å². The number of nitrogens with one attached hydrogen (secondary N) is 2. The van der Waals surface area contributed by atoms with Gasteiger partial charge < -0.3 is 17.2 Å². The number of hydrogen-bond acceptors (Lipinski definition) is 26. The Morgan fingerprint density at radius 1 is 0.368 bits per heavy atom. The van der Waals surface area contributed by atoms with Crippen molar-refractivity contribution < 1.29 is 36.0 Å². The molecule has 14 aromatic rings. The first-order valence-corrected chi connectivity index (χ1v) is 50.2. The molecule has 0 unspecified atom stereocenters. The molecule has 8 N–H and O–H groups in total. The van der Waals surface area contributed by atoms with Crippen LogP contribution in [0.1, 0.15) is 133 Å². The number of halogens is 2. The van der Waals surface area contributed by atoms with E-state index in [1.54, 1.807) is 60.8 Å². The number of aromatic nitrogens is 5. The van der Waals surface area contributed by atoms with Crippen LogP contribution in [-0.4, -0.2) is 99.9 Å². The van der Waals surface area contributed by atoms with Crippen LogP contribution in [0.25, 0.3) is 109 Å². The van der Waals surface area contributed by atoms with Gasteiger partial charge in [0.15, 0.2) is 37.2 Å². The number of Topliss-reactive ketones (excluding diaryl/α,β-unsaturated/α-hetero) is 2. The first-order valence-electron chi connectivity index (χ1n) is 41.3. The van der Waals surface area contributed by atoms with Gasteiger partial charge in [-0.1, -0.05) is 165 Å². The molecule has 44 heteroatoms. The molecule has 5 aromatic heterocycles. The second-order valence-corrected chi connectivity index (χ2v) is 40.3. The molecule has 0 radical (unpaired) electrons. The Balaban J connectivity index is 0.000000171. The first-order chi connectivity index (χ1) is 65.1. The normalized spacial score (nSPS) is 12.1. The minimum atomic E-state index is -3.55. The van der Waals surface area contributed by atoms with Crippen molar-refractivity contribution in [2.75, 3.05) is 54.0 Å². The monoisotopic (exact) mass is 2080 g/mol. The van der Waals surface area contributed by atoms with E-state index in [0.29, 0.717) is 114 Å². The number of hydrogen-bond donors (Lipinski definition) is 5. The lowest BCUT2D eigenvalue weighted by Gasteiger charge is -2.25. The standard InChI is InChI=1S/2C22H22N6O3S2.C10H9BrN2S.2C10H9N5S.C9H9BrO.C9H9N3O/c1-15-5-10-19(26-27-23)18(13-15)20-14-32-22(24-20)25-21(29)16-6-8-17(9-7-16)33(30,31)28-11-3-2-4-12-28;1-15-5-8-17(26-27-23)13-19(15)20-14-32-22(24-20)25-21(29)16-6-9-18(10-7-16)33(30,31)28-11-3-2-4-12-28;1-6-2-3-7(11)4-8(6)9-5-14-10(12)13-9;1-6-2-3-7(14-15-12)4-8(6)9-5-16-10(11)13-9;1-6-2-3-8(14-15-12)7(4-6)9-5-16-10(11)13-9;1-6-3-4-9(10)8(5-6)7(2)11;1-6-3-4-9(11-12-10)8(5-6)7(2)13/h2*5-10,13-14H,2-4,11-12H2,1H3,(H,24,25,29);2-5H,1H3,(H2,12,13);2*2-5H,1H3,(H2,11,13);3-5H,1-2H3;3-5H,1-2H3. The topological polar surface area (TPSA) is 553 Å². The number of piperidine rings is 2. The summed E-state index contributed by atoms with van der Waals surface area (Å²) in [5, 5.41) is 35.2. The number of rotatable bonds is 20. The van der Waals surface area contributed by atoms with Crippen molar-refractivity contribution in [3.63, 3.8) is 0 Å². The van der Waals surface area contributed by atoms with Crippen LogP contribution in [0.2, 0.25) is 0 Å². The maximum atomic E-state index is 12.8. The van der Waals surface area contributed by atoms with Gasteiger partial charge in [-0.2, -0.15) is 8.61 Å². The minimum absolute atomic E-state index is 0.0916. The van der Waals surface area contributed by atoms with Crippen LogP contribution >= 0.6 is 88.5 Å². The maximum absolute atomic E-state index is 12.8. The molecule has 16 rings (SSSR count). The number of carbonyl (C=O) groups is 4. The molecular formula is C92H89Br2N27O8S7. The van der Waals surface area contributed by atoms with E-state index in [1.165, 1.54) is 126 Å². The Labute approximate surface area is 820 Å². The van der Waals surface area contributed by atoms with Crippen molar-refractivity contribution >= 4 is 186 Å². The molecule has 0 spiro atoms. The zero-order valence-electron chi connectivity index (χ0n) is 74.7. The molecule has 0 bridgehead atoms. The van der Waals surface area contributed by atoms with Crippen LogP contribution in [0.5, 0.6) is 0 Å². The van der Waals surface area contributed by atoms with Crippen molar-refractivity contribution in [2.24, 2.45) is 25.6 Å². The van der Waals surface area contributed by atoms with E-state index in [2.05, 4.69) is 137 Å². The number of nitrogens with two attached hydrogens (primary N) is 3. The number of amides is 2. The fourth-order valence-electron chi connectivity index (χ4n) is 13.4. The first kappa shape index (κ1) is 104. The van der Waals surface area contributed by atoms with Crippen molar-refractivity contribution in [1.82, 2.24) is 33.5 Å². The Bertz CT molecular complexity index is 7210. The molecule has 2 aliphatic heterocycles. The highest BCUT2D eigenvalue weighted by molar-refractivity contribution is 9.10. The average molecular weight is 2090 g/mol. The van der Waals surface area contributed by atoms with Crippen LogP contribution < -0.4 is 27.8 Å². The number of nitrogens with zero attached hydrogens (tertiary/aromatic N) is 22. The highest BCUT2D eigenvalue weighted by Gasteiger charge is 2.29. The maximum Gasteiger partial charge on any atom is 0.257 e. The summed E-state index contributed by atoms with van der Waals surface area (Å²) in [6.45, 7) is 18.8. The van der Waals surface area contributed by atoms with E-state index in [1.807, 2.05) is 130 Å². The molecule has 696 valence electrons. The number of sulfonamides is 2. The van der Waals surface area contributed by atoms with Gasteiger partial charge in [0.05, 0.1) is 38.3 Å². The third kappa shape index (κ3) is 29.3. The van der Waals surface area contributed by atoms with Crippen LogP contribution in [0.15, 0.2) is 247 Å². The second-order valence-electron chi connectivity index (χ2n) is 30.2. The van der Waals surface area contributed by atoms with Crippen molar-refractivity contribution in [3.05, 3.63) is 325 Å². The molecular weight excluding hydrogens is 2000 g/mol. The Morgan fingerprint density at radius 3 is 1.06 bits per heavy atom. The lowest BCUT2D eigenvalue weighted by molar-refractivity contribution is 0.100. The summed E-state index contributed by atoms with van der Waals surface area (Å²) >= 11 is 13.5. The molecule has 35 nitrogen and oxygen atoms in total. The summed E-state index contributed by atoms with van der Waals surface area (Å²) in [4.78, 5) is 83.2. The third-order valence-electron chi connectivity index (χ3n) is 20.3. The molecule has 0 atom stereocenters. The number of anilines is 5. The molecule has 0 saturated carbocycles. The second kappa shape index (κ2) is 49.9. The fourth-order valence-corrected chi connectivity index (χ4v) is 20.4. The van der Waals surface area contributed by atoms with E-state index in [9.17, 15) is 36.0 Å². The van der Waals surface area contributed by atoms with Gasteiger partial charge in [-0.3, -0.25) is 29.8 Å². The van der Waals surface area contributed by atoms with E-state index in [0.717, 1.165) is 126 Å². The van der Waals surface area contributed by atoms with Gasteiger partial charge in [-0.15, -0.1) is 56.7 Å². The van der Waals surface area contributed by atoms with E-state index >= 15 is 0 Å². The number of nitrogen functional groups attached to an aromatic ring is 3. The SMILES string of the molecule is CC(=O)c1cc(C)ccc1Br.CC(=O)c1cc(C)ccc1N=[N+]=[N-].Cc1ccc(Br)cc1-c1csc(N)n1.Cc1ccc(N=[N+]=[N-])c(-c2csc(N)n2)c1.Cc1ccc(N=[N+]=[N-])c(-c2csc(NC(=O)c3ccc(S(=O)(=O)N4CCCCC4)cc3)n2)c1.Cc1ccc(N=[N+]=[N-])cc1-c1csc(N)n1.Cc1ccc(N=[N+]=[N-])cc1-c1csc(NC(=O)c2ccc(S(=O)(=O)N3CCCCC3)cc2)n1. The lowest BCUT2D eigenvalue weighted by atomic mass is 10.1. The molecule has 2 aliphatic rings.